The van der Waals surface area contributed by atoms with E-state index in [0.29, 0.717) is 30.5 Å². The number of benzene rings is 1. The van der Waals surface area contributed by atoms with Gasteiger partial charge in [-0.05, 0) is 22.0 Å². The van der Waals surface area contributed by atoms with E-state index < -0.39 is 10.9 Å². The van der Waals surface area contributed by atoms with E-state index in [9.17, 15) is 14.9 Å². The minimum Gasteiger partial charge on any atom is -0.459 e. The van der Waals surface area contributed by atoms with Crippen LogP contribution in [0.25, 0.3) is 0 Å². The van der Waals surface area contributed by atoms with Crippen LogP contribution in [0.3, 0.4) is 0 Å². The Kier molecular flexibility index (Phi) is 4.49. The number of carbonyl (C=O) groups excluding carboxylic acids is 1. The first-order valence-electron chi connectivity index (χ1n) is 5.80. The molecule has 1 aliphatic heterocycles. The number of carbonyl (C=O) groups is 1. The SMILES string of the molecule is O=C(OC1CCOCC1)c1cc([N+](=O)[O-])ccc1Br. The fourth-order valence-corrected chi connectivity index (χ4v) is 2.20. The predicted octanol–water partition coefficient (Wildman–Crippen LogP) is 2.69. The highest BCUT2D eigenvalue weighted by molar-refractivity contribution is 9.10. The van der Waals surface area contributed by atoms with E-state index >= 15 is 0 Å². The summed E-state index contributed by atoms with van der Waals surface area (Å²) in [5.41, 5.74) is 0.0304. The van der Waals surface area contributed by atoms with E-state index in [1.807, 2.05) is 0 Å². The summed E-state index contributed by atoms with van der Waals surface area (Å²) < 4.78 is 11.0. The molecule has 2 rings (SSSR count). The Hall–Kier alpha value is -1.47. The zero-order valence-electron chi connectivity index (χ0n) is 10.0. The monoisotopic (exact) mass is 329 g/mol. The van der Waals surface area contributed by atoms with E-state index in [1.165, 1.54) is 18.2 Å². The van der Waals surface area contributed by atoms with Gasteiger partial charge in [0.2, 0.25) is 0 Å². The Morgan fingerprint density at radius 3 is 2.74 bits per heavy atom. The first-order valence-corrected chi connectivity index (χ1v) is 6.60. The van der Waals surface area contributed by atoms with E-state index in [2.05, 4.69) is 15.9 Å². The number of rotatable bonds is 3. The Labute approximate surface area is 118 Å². The van der Waals surface area contributed by atoms with Crippen molar-refractivity contribution in [3.63, 3.8) is 0 Å². The topological polar surface area (TPSA) is 78.7 Å². The molecular weight excluding hydrogens is 318 g/mol. The molecule has 0 atom stereocenters. The third-order valence-corrected chi connectivity index (χ3v) is 3.51. The summed E-state index contributed by atoms with van der Waals surface area (Å²) in [4.78, 5) is 22.1. The number of nitro benzene ring substituents is 1. The Balaban J connectivity index is 2.13. The maximum atomic E-state index is 12.0. The first-order chi connectivity index (χ1) is 9.08. The molecule has 0 radical (unpaired) electrons. The van der Waals surface area contributed by atoms with Crippen LogP contribution >= 0.6 is 15.9 Å². The van der Waals surface area contributed by atoms with Gasteiger partial charge in [-0.1, -0.05) is 0 Å². The van der Waals surface area contributed by atoms with Crippen LogP contribution in [0.2, 0.25) is 0 Å². The number of halogens is 1. The number of ether oxygens (including phenoxy) is 2. The van der Waals surface area contributed by atoms with Gasteiger partial charge < -0.3 is 9.47 Å². The number of non-ortho nitro benzene ring substituents is 1. The summed E-state index contributed by atoms with van der Waals surface area (Å²) >= 11 is 3.20. The standard InChI is InChI=1S/C12H12BrNO5/c13-11-2-1-8(14(16)17)7-10(11)12(15)19-9-3-5-18-6-4-9/h1-2,7,9H,3-6H2. The quantitative estimate of drug-likeness (QED) is 0.484. The molecule has 1 saturated heterocycles. The summed E-state index contributed by atoms with van der Waals surface area (Å²) in [6.45, 7) is 1.13. The van der Waals surface area contributed by atoms with Crippen molar-refractivity contribution in [3.05, 3.63) is 38.3 Å². The van der Waals surface area contributed by atoms with Crippen LogP contribution in [0.15, 0.2) is 22.7 Å². The Morgan fingerprint density at radius 2 is 2.11 bits per heavy atom. The maximum Gasteiger partial charge on any atom is 0.339 e. The van der Waals surface area contributed by atoms with Gasteiger partial charge in [0.25, 0.3) is 5.69 Å². The van der Waals surface area contributed by atoms with Gasteiger partial charge in [-0.3, -0.25) is 10.1 Å². The number of nitro groups is 1. The largest absolute Gasteiger partial charge is 0.459 e. The normalized spacial score (nSPS) is 16.1. The van der Waals surface area contributed by atoms with Crippen LogP contribution in [0.5, 0.6) is 0 Å². The number of hydrogen-bond donors (Lipinski definition) is 0. The molecule has 1 aromatic carbocycles. The highest BCUT2D eigenvalue weighted by atomic mass is 79.9. The molecule has 1 aromatic rings. The van der Waals surface area contributed by atoms with Crippen molar-refractivity contribution < 1.29 is 19.2 Å². The summed E-state index contributed by atoms with van der Waals surface area (Å²) in [7, 11) is 0. The van der Waals surface area contributed by atoms with Gasteiger partial charge in [0, 0.05) is 29.4 Å². The lowest BCUT2D eigenvalue weighted by Crippen LogP contribution is -2.26. The molecule has 102 valence electrons. The van der Waals surface area contributed by atoms with E-state index in [-0.39, 0.29) is 17.4 Å². The molecule has 0 bridgehead atoms. The van der Waals surface area contributed by atoms with Crippen molar-refractivity contribution in [2.45, 2.75) is 18.9 Å². The van der Waals surface area contributed by atoms with Crippen molar-refractivity contribution in [1.29, 1.82) is 0 Å². The molecule has 0 amide bonds. The van der Waals surface area contributed by atoms with Gasteiger partial charge >= 0.3 is 5.97 Å². The second kappa shape index (κ2) is 6.12. The molecule has 0 aromatic heterocycles. The maximum absolute atomic E-state index is 12.0. The summed E-state index contributed by atoms with van der Waals surface area (Å²) in [6.07, 6.45) is 1.11. The lowest BCUT2D eigenvalue weighted by molar-refractivity contribution is -0.384. The number of hydrogen-bond acceptors (Lipinski definition) is 5. The molecule has 7 heteroatoms. The average molecular weight is 330 g/mol. The van der Waals surface area contributed by atoms with Crippen LogP contribution in [0.1, 0.15) is 23.2 Å². The zero-order valence-corrected chi connectivity index (χ0v) is 11.6. The van der Waals surface area contributed by atoms with Crippen molar-refractivity contribution in [2.75, 3.05) is 13.2 Å². The molecule has 19 heavy (non-hydrogen) atoms. The Morgan fingerprint density at radius 1 is 1.42 bits per heavy atom. The van der Waals surface area contributed by atoms with Crippen LogP contribution < -0.4 is 0 Å². The van der Waals surface area contributed by atoms with Gasteiger partial charge in [-0.2, -0.15) is 0 Å². The second-order valence-corrected chi connectivity index (χ2v) is 4.99. The molecule has 0 spiro atoms. The molecule has 0 saturated carbocycles. The summed E-state index contributed by atoms with van der Waals surface area (Å²) in [5, 5.41) is 10.7. The molecule has 6 nitrogen and oxygen atoms in total. The minimum absolute atomic E-state index is 0.137. The lowest BCUT2D eigenvalue weighted by Gasteiger charge is -2.22. The lowest BCUT2D eigenvalue weighted by atomic mass is 10.1. The number of esters is 1. The van der Waals surface area contributed by atoms with Crippen molar-refractivity contribution >= 4 is 27.6 Å². The first kappa shape index (κ1) is 14.0. The highest BCUT2D eigenvalue weighted by Gasteiger charge is 2.22. The number of nitrogens with zero attached hydrogens (tertiary/aromatic N) is 1. The van der Waals surface area contributed by atoms with E-state index in [4.69, 9.17) is 9.47 Å². The molecular formula is C12H12BrNO5. The molecule has 1 aliphatic rings. The van der Waals surface area contributed by atoms with Gasteiger partial charge in [-0.25, -0.2) is 4.79 Å². The van der Waals surface area contributed by atoms with Gasteiger partial charge in [0.1, 0.15) is 6.10 Å². The molecule has 0 unspecified atom stereocenters. The highest BCUT2D eigenvalue weighted by Crippen LogP contribution is 2.24. The molecule has 1 heterocycles. The van der Waals surface area contributed by atoms with Crippen molar-refractivity contribution in [2.24, 2.45) is 0 Å². The zero-order chi connectivity index (χ0) is 13.8. The van der Waals surface area contributed by atoms with Crippen LogP contribution in [-0.4, -0.2) is 30.2 Å². The van der Waals surface area contributed by atoms with Crippen molar-refractivity contribution in [1.82, 2.24) is 0 Å². The Bertz CT molecular complexity index is 499. The van der Waals surface area contributed by atoms with Gasteiger partial charge in [-0.15, -0.1) is 0 Å². The fraction of sp³-hybridized carbons (Fsp3) is 0.417. The fourth-order valence-electron chi connectivity index (χ4n) is 1.79. The molecule has 0 aliphatic carbocycles. The van der Waals surface area contributed by atoms with Crippen LogP contribution in [0, 0.1) is 10.1 Å². The van der Waals surface area contributed by atoms with Gasteiger partial charge in [0.15, 0.2) is 0 Å². The second-order valence-electron chi connectivity index (χ2n) is 4.14. The average Bonchev–Trinajstić information content (AvgIpc) is 2.40. The van der Waals surface area contributed by atoms with E-state index in [1.54, 1.807) is 0 Å². The summed E-state index contributed by atoms with van der Waals surface area (Å²) in [6, 6.07) is 4.01. The van der Waals surface area contributed by atoms with Gasteiger partial charge in [0.05, 0.1) is 23.7 Å². The third kappa shape index (κ3) is 3.51. The van der Waals surface area contributed by atoms with E-state index in [0.717, 1.165) is 0 Å². The predicted molar refractivity (Wildman–Crippen MR) is 70.1 cm³/mol. The smallest absolute Gasteiger partial charge is 0.339 e. The molecule has 0 N–H and O–H groups in total. The van der Waals surface area contributed by atoms with Crippen molar-refractivity contribution in [3.8, 4) is 0 Å². The van der Waals surface area contributed by atoms with Crippen LogP contribution in [-0.2, 0) is 9.47 Å². The minimum atomic E-state index is -0.553. The summed E-state index contributed by atoms with van der Waals surface area (Å²) in [5.74, 6) is -0.553. The molecule has 1 fully saturated rings. The third-order valence-electron chi connectivity index (χ3n) is 2.82. The van der Waals surface area contributed by atoms with Crippen LogP contribution in [0.4, 0.5) is 5.69 Å².